The third kappa shape index (κ3) is 30.7. The van der Waals surface area contributed by atoms with Crippen LogP contribution >= 0.6 is 7.82 Å². The standard InChI is InChI=1S/C48H77O13P/c1-3-5-7-8-9-10-11-12-13-14-15-16-17-18-19-20-21-22-28-32-48(55)61-42(39-60-62(56,57)59-37-41(51)36-49)38-58-47(54)31-27-24-23-26-30-43-44(46(53)35-45(43)52)34-33-40(50)29-25-6-4-2/h9-10,12-13,15-16,18-19,21-23,26,33-34,40-45,49-52H,3-8,11,14,17,20,24-25,27-32,35-39H2,1-2H3,(H,56,57)/b10-9-,13-12-,16-15-,19-18-,22-21-,26-23-,34-33+/t40-,41-,42+,43+,44+,45-/m0/s1. The van der Waals surface area contributed by atoms with Crippen LogP contribution in [0.2, 0.25) is 0 Å². The van der Waals surface area contributed by atoms with E-state index in [4.69, 9.17) is 19.1 Å². The van der Waals surface area contributed by atoms with Gasteiger partial charge in [-0.3, -0.25) is 23.4 Å². The molecule has 1 unspecified atom stereocenters. The van der Waals surface area contributed by atoms with Crippen molar-refractivity contribution in [3.8, 4) is 0 Å². The van der Waals surface area contributed by atoms with Crippen molar-refractivity contribution in [1.82, 2.24) is 0 Å². The summed E-state index contributed by atoms with van der Waals surface area (Å²) in [4.78, 5) is 47.7. The van der Waals surface area contributed by atoms with Crippen molar-refractivity contribution in [3.05, 3.63) is 85.1 Å². The predicted molar refractivity (Wildman–Crippen MR) is 243 cm³/mol. The highest BCUT2D eigenvalue weighted by Crippen LogP contribution is 2.43. The van der Waals surface area contributed by atoms with Crippen LogP contribution in [-0.2, 0) is 37.5 Å². The number of aliphatic hydroxyl groups excluding tert-OH is 4. The molecule has 0 heterocycles. The molecule has 1 saturated carbocycles. The van der Waals surface area contributed by atoms with Crippen molar-refractivity contribution in [3.63, 3.8) is 0 Å². The van der Waals surface area contributed by atoms with Crippen LogP contribution in [0.3, 0.4) is 0 Å². The lowest BCUT2D eigenvalue weighted by molar-refractivity contribution is -0.161. The lowest BCUT2D eigenvalue weighted by atomic mass is 9.90. The van der Waals surface area contributed by atoms with Crippen LogP contribution in [0.1, 0.15) is 136 Å². The lowest BCUT2D eigenvalue weighted by Gasteiger charge is -2.20. The molecule has 1 aliphatic rings. The van der Waals surface area contributed by atoms with Gasteiger partial charge in [0, 0.05) is 31.1 Å². The summed E-state index contributed by atoms with van der Waals surface area (Å²) in [6.45, 7) is 1.84. The molecule has 62 heavy (non-hydrogen) atoms. The zero-order valence-corrected chi connectivity index (χ0v) is 38.2. The fraction of sp³-hybridized carbons (Fsp3) is 0.646. The largest absolute Gasteiger partial charge is 0.472 e. The van der Waals surface area contributed by atoms with Gasteiger partial charge < -0.3 is 34.8 Å². The molecule has 0 aromatic heterocycles. The van der Waals surface area contributed by atoms with Crippen molar-refractivity contribution < 1.29 is 62.8 Å². The Labute approximate surface area is 371 Å². The molecule has 0 saturated heterocycles. The number of aliphatic hydroxyl groups is 4. The molecule has 0 bridgehead atoms. The molecule has 7 atom stereocenters. The van der Waals surface area contributed by atoms with E-state index in [1.54, 1.807) is 12.2 Å². The smallest absolute Gasteiger partial charge is 0.462 e. The number of hydrogen-bond acceptors (Lipinski definition) is 12. The number of rotatable bonds is 37. The molecule has 5 N–H and O–H groups in total. The first-order valence-electron chi connectivity index (χ1n) is 22.6. The van der Waals surface area contributed by atoms with Crippen LogP contribution in [0.25, 0.3) is 0 Å². The normalized spacial score (nSPS) is 19.9. The van der Waals surface area contributed by atoms with Crippen molar-refractivity contribution >= 4 is 25.5 Å². The number of phosphoric acid groups is 1. The summed E-state index contributed by atoms with van der Waals surface area (Å²) in [7, 11) is -4.71. The summed E-state index contributed by atoms with van der Waals surface area (Å²) < 4.78 is 32.6. The van der Waals surface area contributed by atoms with Crippen LogP contribution < -0.4 is 0 Å². The van der Waals surface area contributed by atoms with Crippen LogP contribution in [0, 0.1) is 11.8 Å². The van der Waals surface area contributed by atoms with Crippen LogP contribution in [0.15, 0.2) is 85.1 Å². The topological polar surface area (TPSA) is 206 Å². The summed E-state index contributed by atoms with van der Waals surface area (Å²) in [5, 5.41) is 39.1. The Kier molecular flexibility index (Phi) is 34.0. The molecule has 0 aliphatic heterocycles. The minimum Gasteiger partial charge on any atom is -0.462 e. The van der Waals surface area contributed by atoms with Gasteiger partial charge in [-0.2, -0.15) is 0 Å². The van der Waals surface area contributed by atoms with Gasteiger partial charge in [0.25, 0.3) is 0 Å². The van der Waals surface area contributed by atoms with Gasteiger partial charge in [0.2, 0.25) is 0 Å². The molecule has 1 rings (SSSR count). The molecule has 14 heteroatoms. The number of carbonyl (C=O) groups excluding carboxylic acids is 3. The molecular formula is C48H77O13P. The SMILES string of the molecule is CCCCC/C=C\C/C=C\C/C=C\C/C=C\C/C=C\CCC(=O)O[C@H](COC(=O)CCC/C=C\C[C@H]1[C@@H](O)CC(=O)[C@@H]1/C=C/[C@@H](O)CCCCC)COP(=O)(O)OC[C@@H](O)CO. The van der Waals surface area contributed by atoms with Crippen molar-refractivity contribution in [2.45, 2.75) is 160 Å². The van der Waals surface area contributed by atoms with E-state index in [0.717, 1.165) is 44.9 Å². The van der Waals surface area contributed by atoms with E-state index in [1.807, 2.05) is 30.4 Å². The molecule has 1 fully saturated rings. The minimum atomic E-state index is -4.71. The number of ether oxygens (including phenoxy) is 2. The molecule has 13 nitrogen and oxygen atoms in total. The van der Waals surface area contributed by atoms with Crippen LogP contribution in [0.4, 0.5) is 0 Å². The van der Waals surface area contributed by atoms with Crippen molar-refractivity contribution in [2.75, 3.05) is 26.4 Å². The Morgan fingerprint density at radius 3 is 1.92 bits per heavy atom. The Balaban J connectivity index is 2.52. The summed E-state index contributed by atoms with van der Waals surface area (Å²) in [6, 6.07) is 0. The highest BCUT2D eigenvalue weighted by Gasteiger charge is 2.39. The predicted octanol–water partition coefficient (Wildman–Crippen LogP) is 8.81. The quantitative estimate of drug-likeness (QED) is 0.0171. The van der Waals surface area contributed by atoms with Crippen molar-refractivity contribution in [2.24, 2.45) is 11.8 Å². The third-order valence-electron chi connectivity index (χ3n) is 9.91. The van der Waals surface area contributed by atoms with Gasteiger partial charge in [0.05, 0.1) is 32.0 Å². The summed E-state index contributed by atoms with van der Waals surface area (Å²) in [6.07, 6.45) is 37.9. The van der Waals surface area contributed by atoms with E-state index in [9.17, 15) is 39.2 Å². The van der Waals surface area contributed by atoms with E-state index >= 15 is 0 Å². The van der Waals surface area contributed by atoms with Gasteiger partial charge in [-0.1, -0.05) is 131 Å². The molecule has 0 aromatic rings. The van der Waals surface area contributed by atoms with Crippen LogP contribution in [-0.4, -0.2) is 93.9 Å². The Bertz CT molecular complexity index is 1470. The number of ketones is 1. The van der Waals surface area contributed by atoms with E-state index in [1.165, 1.54) is 19.3 Å². The average molecular weight is 893 g/mol. The fourth-order valence-corrected chi connectivity index (χ4v) is 7.10. The highest BCUT2D eigenvalue weighted by molar-refractivity contribution is 7.47. The number of unbranched alkanes of at least 4 members (excludes halogenated alkanes) is 6. The molecule has 1 aliphatic carbocycles. The lowest BCUT2D eigenvalue weighted by Crippen LogP contribution is -2.29. The Morgan fingerprint density at radius 2 is 1.29 bits per heavy atom. The van der Waals surface area contributed by atoms with Gasteiger partial charge in [-0.15, -0.1) is 0 Å². The van der Waals surface area contributed by atoms with Gasteiger partial charge in [-0.05, 0) is 70.6 Å². The first kappa shape index (κ1) is 56.8. The molecule has 352 valence electrons. The van der Waals surface area contributed by atoms with Crippen molar-refractivity contribution in [1.29, 1.82) is 0 Å². The number of Topliss-reactive ketones (excluding diaryl/α,β-unsaturated/α-hetero) is 1. The third-order valence-corrected chi connectivity index (χ3v) is 10.9. The molecular weight excluding hydrogens is 815 g/mol. The van der Waals surface area contributed by atoms with E-state index in [0.29, 0.717) is 38.5 Å². The zero-order valence-electron chi connectivity index (χ0n) is 37.3. The monoisotopic (exact) mass is 893 g/mol. The average Bonchev–Trinajstić information content (AvgIpc) is 3.52. The first-order valence-corrected chi connectivity index (χ1v) is 24.1. The highest BCUT2D eigenvalue weighted by atomic mass is 31.2. The second-order valence-electron chi connectivity index (χ2n) is 15.5. The first-order chi connectivity index (χ1) is 29.9. The Morgan fingerprint density at radius 1 is 0.726 bits per heavy atom. The van der Waals surface area contributed by atoms with Gasteiger partial charge >= 0.3 is 19.8 Å². The summed E-state index contributed by atoms with van der Waals surface area (Å²) in [5.74, 6) is -2.04. The van der Waals surface area contributed by atoms with Gasteiger partial charge in [0.1, 0.15) is 18.5 Å². The second kappa shape index (κ2) is 37.1. The zero-order chi connectivity index (χ0) is 45.7. The van der Waals surface area contributed by atoms with Gasteiger partial charge in [-0.25, -0.2) is 4.57 Å². The minimum absolute atomic E-state index is 0.00194. The molecule has 0 spiro atoms. The molecule has 0 aromatic carbocycles. The second-order valence-corrected chi connectivity index (χ2v) is 17.0. The maximum Gasteiger partial charge on any atom is 0.472 e. The number of phosphoric ester groups is 1. The maximum atomic E-state index is 12.6. The number of carbonyl (C=O) groups is 3. The number of hydrogen-bond donors (Lipinski definition) is 5. The Hall–Kier alpha value is -3.26. The molecule has 0 amide bonds. The summed E-state index contributed by atoms with van der Waals surface area (Å²) in [5.41, 5.74) is 0. The van der Waals surface area contributed by atoms with Gasteiger partial charge in [0.15, 0.2) is 6.10 Å². The maximum absolute atomic E-state index is 12.6. The van der Waals surface area contributed by atoms with E-state index in [-0.39, 0.29) is 31.0 Å². The summed E-state index contributed by atoms with van der Waals surface area (Å²) >= 11 is 0. The molecule has 0 radical (unpaired) electrons. The van der Waals surface area contributed by atoms with Crippen LogP contribution in [0.5, 0.6) is 0 Å². The van der Waals surface area contributed by atoms with E-state index in [2.05, 4.69) is 60.9 Å². The fourth-order valence-electron chi connectivity index (χ4n) is 6.31. The number of allylic oxidation sites excluding steroid dienone is 13. The number of esters is 2. The van der Waals surface area contributed by atoms with E-state index < -0.39 is 76.5 Å².